The van der Waals surface area contributed by atoms with Crippen LogP contribution in [-0.4, -0.2) is 45.5 Å². The molecule has 0 spiro atoms. The fraction of sp³-hybridized carbons (Fsp3) is 0.471. The van der Waals surface area contributed by atoms with Crippen molar-refractivity contribution in [2.75, 3.05) is 25.0 Å². The molecule has 3 heterocycles. The second-order valence-corrected chi connectivity index (χ2v) is 6.18. The summed E-state index contributed by atoms with van der Waals surface area (Å²) in [4.78, 5) is 8.46. The number of oxazole rings is 1. The van der Waals surface area contributed by atoms with E-state index in [1.807, 2.05) is 18.2 Å². The highest BCUT2D eigenvalue weighted by Gasteiger charge is 2.15. The molecule has 132 valence electrons. The van der Waals surface area contributed by atoms with E-state index < -0.39 is 0 Å². The second-order valence-electron chi connectivity index (χ2n) is 6.18. The van der Waals surface area contributed by atoms with Crippen LogP contribution in [-0.2, 0) is 6.54 Å². The van der Waals surface area contributed by atoms with Crippen LogP contribution in [0.3, 0.4) is 0 Å². The molecule has 0 saturated carbocycles. The summed E-state index contributed by atoms with van der Waals surface area (Å²) in [6.07, 6.45) is 6.27. The van der Waals surface area contributed by atoms with Crippen LogP contribution < -0.4 is 15.4 Å². The molecule has 1 fully saturated rings. The maximum Gasteiger partial charge on any atom is 0.295 e. The van der Waals surface area contributed by atoms with Crippen molar-refractivity contribution in [3.8, 4) is 5.75 Å². The average Bonchev–Trinajstić information content (AvgIpc) is 3.28. The lowest BCUT2D eigenvalue weighted by Crippen LogP contribution is -2.35. The standard InChI is InChI=1S/C17H22N6O2/c1(8-23-12-19-11-20-23)9-24-14-2-3-16-15(10-14)22-17(25-16)21-13-4-6-18-7-5-13/h2-3,10-13,18H,1,4-9H2,(H,21,22). The molecule has 1 aliphatic rings. The van der Waals surface area contributed by atoms with Crippen molar-refractivity contribution in [2.24, 2.45) is 0 Å². The van der Waals surface area contributed by atoms with E-state index in [4.69, 9.17) is 9.15 Å². The third kappa shape index (κ3) is 4.08. The molecule has 8 heteroatoms. The minimum Gasteiger partial charge on any atom is -0.493 e. The van der Waals surface area contributed by atoms with Gasteiger partial charge < -0.3 is 19.8 Å². The molecule has 4 rings (SSSR count). The van der Waals surface area contributed by atoms with Gasteiger partial charge in [0, 0.05) is 25.1 Å². The van der Waals surface area contributed by atoms with Crippen molar-refractivity contribution in [3.63, 3.8) is 0 Å². The maximum atomic E-state index is 5.80. The summed E-state index contributed by atoms with van der Waals surface area (Å²) in [7, 11) is 0. The van der Waals surface area contributed by atoms with Gasteiger partial charge in [0.25, 0.3) is 6.01 Å². The topological polar surface area (TPSA) is 90.0 Å². The number of rotatable bonds is 7. The van der Waals surface area contributed by atoms with Crippen LogP contribution in [0.2, 0.25) is 0 Å². The van der Waals surface area contributed by atoms with Crippen LogP contribution in [0.1, 0.15) is 19.3 Å². The summed E-state index contributed by atoms with van der Waals surface area (Å²) < 4.78 is 13.4. The lowest BCUT2D eigenvalue weighted by atomic mass is 10.1. The van der Waals surface area contributed by atoms with E-state index in [0.29, 0.717) is 18.7 Å². The van der Waals surface area contributed by atoms with Gasteiger partial charge in [-0.3, -0.25) is 4.68 Å². The largest absolute Gasteiger partial charge is 0.493 e. The van der Waals surface area contributed by atoms with Gasteiger partial charge in [0.2, 0.25) is 0 Å². The smallest absolute Gasteiger partial charge is 0.295 e. The molecule has 25 heavy (non-hydrogen) atoms. The molecular formula is C17H22N6O2. The summed E-state index contributed by atoms with van der Waals surface area (Å²) in [6.45, 7) is 3.47. The van der Waals surface area contributed by atoms with Crippen LogP contribution in [0.5, 0.6) is 5.75 Å². The Morgan fingerprint density at radius 3 is 3.08 bits per heavy atom. The molecule has 0 aliphatic carbocycles. The highest BCUT2D eigenvalue weighted by atomic mass is 16.5. The van der Waals surface area contributed by atoms with E-state index in [1.54, 1.807) is 11.0 Å². The number of hydrogen-bond donors (Lipinski definition) is 2. The summed E-state index contributed by atoms with van der Waals surface area (Å²) >= 11 is 0. The minimum absolute atomic E-state index is 0.418. The lowest BCUT2D eigenvalue weighted by Gasteiger charge is -2.22. The fourth-order valence-corrected chi connectivity index (χ4v) is 2.96. The van der Waals surface area contributed by atoms with Gasteiger partial charge in [-0.2, -0.15) is 10.1 Å². The lowest BCUT2D eigenvalue weighted by molar-refractivity contribution is 0.299. The Balaban J connectivity index is 1.33. The molecule has 2 aromatic heterocycles. The van der Waals surface area contributed by atoms with Crippen molar-refractivity contribution in [3.05, 3.63) is 30.9 Å². The number of hydrogen-bond acceptors (Lipinski definition) is 7. The first kappa shape index (κ1) is 15.9. The van der Waals surface area contributed by atoms with Crippen molar-refractivity contribution in [1.82, 2.24) is 25.1 Å². The summed E-state index contributed by atoms with van der Waals surface area (Å²) in [6, 6.07) is 6.74. The van der Waals surface area contributed by atoms with Crippen molar-refractivity contribution < 1.29 is 9.15 Å². The Morgan fingerprint density at radius 2 is 2.24 bits per heavy atom. The Hall–Kier alpha value is -2.61. The molecule has 3 aromatic rings. The average molecular weight is 342 g/mol. The van der Waals surface area contributed by atoms with Crippen LogP contribution in [0.25, 0.3) is 11.1 Å². The second kappa shape index (κ2) is 7.52. The van der Waals surface area contributed by atoms with Crippen molar-refractivity contribution in [1.29, 1.82) is 0 Å². The summed E-state index contributed by atoms with van der Waals surface area (Å²) in [5.74, 6) is 0.799. The molecule has 1 saturated heterocycles. The third-order valence-corrected chi connectivity index (χ3v) is 4.29. The predicted octanol–water partition coefficient (Wildman–Crippen LogP) is 2.05. The minimum atomic E-state index is 0.418. The first-order valence-electron chi connectivity index (χ1n) is 8.70. The summed E-state index contributed by atoms with van der Waals surface area (Å²) in [5.41, 5.74) is 1.58. The van der Waals surface area contributed by atoms with Gasteiger partial charge in [-0.25, -0.2) is 4.98 Å². The first-order valence-corrected chi connectivity index (χ1v) is 8.70. The predicted molar refractivity (Wildman–Crippen MR) is 93.7 cm³/mol. The van der Waals surface area contributed by atoms with E-state index in [2.05, 4.69) is 25.7 Å². The first-order chi connectivity index (χ1) is 12.4. The fourth-order valence-electron chi connectivity index (χ4n) is 2.96. The molecular weight excluding hydrogens is 320 g/mol. The molecule has 0 unspecified atom stereocenters. The number of aryl methyl sites for hydroxylation is 1. The van der Waals surface area contributed by atoms with Crippen molar-refractivity contribution >= 4 is 17.1 Å². The van der Waals surface area contributed by atoms with E-state index >= 15 is 0 Å². The van der Waals surface area contributed by atoms with Gasteiger partial charge in [-0.1, -0.05) is 0 Å². The molecule has 1 aliphatic heterocycles. The molecule has 1 aromatic carbocycles. The zero-order valence-corrected chi connectivity index (χ0v) is 14.0. The maximum absolute atomic E-state index is 5.80. The van der Waals surface area contributed by atoms with Gasteiger partial charge in [-0.05, 0) is 38.1 Å². The number of aromatic nitrogens is 4. The number of nitrogens with one attached hydrogen (secondary N) is 2. The van der Waals surface area contributed by atoms with Crippen LogP contribution in [0.15, 0.2) is 35.3 Å². The molecule has 0 atom stereocenters. The van der Waals surface area contributed by atoms with E-state index in [1.165, 1.54) is 6.33 Å². The van der Waals surface area contributed by atoms with E-state index in [-0.39, 0.29) is 0 Å². The molecule has 8 nitrogen and oxygen atoms in total. The van der Waals surface area contributed by atoms with Gasteiger partial charge >= 0.3 is 0 Å². The Kier molecular flexibility index (Phi) is 4.78. The molecule has 0 bridgehead atoms. The highest BCUT2D eigenvalue weighted by molar-refractivity contribution is 5.76. The molecule has 0 radical (unpaired) electrons. The Bertz CT molecular complexity index is 795. The zero-order valence-electron chi connectivity index (χ0n) is 14.0. The highest BCUT2D eigenvalue weighted by Crippen LogP contribution is 2.24. The quantitative estimate of drug-likeness (QED) is 0.635. The van der Waals surface area contributed by atoms with Gasteiger partial charge in [0.1, 0.15) is 23.9 Å². The van der Waals surface area contributed by atoms with Gasteiger partial charge in [0.05, 0.1) is 6.61 Å². The molecule has 2 N–H and O–H groups in total. The third-order valence-electron chi connectivity index (χ3n) is 4.29. The van der Waals surface area contributed by atoms with Crippen LogP contribution in [0, 0.1) is 0 Å². The SMILES string of the molecule is c1ncn(CCCOc2ccc3oc(NC4CCNCC4)nc3c2)n1. The number of nitrogens with zero attached hydrogens (tertiary/aromatic N) is 4. The van der Waals surface area contributed by atoms with Gasteiger partial charge in [0.15, 0.2) is 5.58 Å². The Labute approximate surface area is 145 Å². The summed E-state index contributed by atoms with van der Waals surface area (Å²) in [5, 5.41) is 10.8. The number of fused-ring (bicyclic) bond motifs is 1. The number of anilines is 1. The molecule has 0 amide bonds. The van der Waals surface area contributed by atoms with E-state index in [0.717, 1.165) is 55.7 Å². The normalized spacial score (nSPS) is 15.5. The zero-order chi connectivity index (χ0) is 16.9. The monoisotopic (exact) mass is 342 g/mol. The Morgan fingerprint density at radius 1 is 1.32 bits per heavy atom. The van der Waals surface area contributed by atoms with Gasteiger partial charge in [-0.15, -0.1) is 0 Å². The van der Waals surface area contributed by atoms with Crippen LogP contribution >= 0.6 is 0 Å². The number of ether oxygens (including phenoxy) is 1. The van der Waals surface area contributed by atoms with Crippen molar-refractivity contribution in [2.45, 2.75) is 31.8 Å². The number of piperidine rings is 1. The van der Waals surface area contributed by atoms with Crippen LogP contribution in [0.4, 0.5) is 6.01 Å². The van der Waals surface area contributed by atoms with E-state index in [9.17, 15) is 0 Å². The number of benzene rings is 1.